The summed E-state index contributed by atoms with van der Waals surface area (Å²) in [7, 11) is -0.547. The first kappa shape index (κ1) is 18.4. The van der Waals surface area contributed by atoms with Crippen molar-refractivity contribution in [1.29, 1.82) is 0 Å². The molecule has 2 aromatic carbocycles. The molecular weight excluding hydrogens is 352 g/mol. The Morgan fingerprint density at radius 3 is 2.54 bits per heavy atom. The fourth-order valence-electron chi connectivity index (χ4n) is 2.85. The van der Waals surface area contributed by atoms with E-state index in [1.165, 1.54) is 38.4 Å². The number of rotatable bonds is 5. The predicted octanol–water partition coefficient (Wildman–Crippen LogP) is 1.92. The summed E-state index contributed by atoms with van der Waals surface area (Å²) in [5.74, 6) is 0.896. The number of carbonyl (C=O) groups is 1. The van der Waals surface area contributed by atoms with Crippen LogP contribution in [0.4, 0.5) is 0 Å². The molecule has 0 aliphatic carbocycles. The second-order valence-corrected chi connectivity index (χ2v) is 8.66. The lowest BCUT2D eigenvalue weighted by Crippen LogP contribution is -2.34. The fourth-order valence-corrected chi connectivity index (χ4v) is 3.75. The molecule has 1 aliphatic heterocycles. The quantitative estimate of drug-likeness (QED) is 0.868. The normalized spacial score (nSPS) is 16.7. The minimum Gasteiger partial charge on any atom is -0.493 e. The van der Waals surface area contributed by atoms with E-state index >= 15 is 0 Å². The standard InChI is InChI=1S/C19H22N2O4S/c1-21(2)26(23,24)17-9-7-15(8-10-17)19(22)20-12-14-11-16-5-3-4-6-18(16)25-13-14/h3-10,14H,11-13H2,1-2H3,(H,20,22). The minimum atomic E-state index is -3.49. The summed E-state index contributed by atoms with van der Waals surface area (Å²) in [6, 6.07) is 13.9. The average Bonchev–Trinajstić information content (AvgIpc) is 2.66. The number of nitrogens with one attached hydrogen (secondary N) is 1. The molecule has 6 nitrogen and oxygen atoms in total. The van der Waals surface area contributed by atoms with Gasteiger partial charge in [-0.2, -0.15) is 0 Å². The molecule has 0 saturated heterocycles. The van der Waals surface area contributed by atoms with E-state index in [9.17, 15) is 13.2 Å². The number of carbonyl (C=O) groups excluding carboxylic acids is 1. The molecule has 2 aromatic rings. The molecule has 0 fully saturated rings. The number of nitrogens with zero attached hydrogens (tertiary/aromatic N) is 1. The summed E-state index contributed by atoms with van der Waals surface area (Å²) in [4.78, 5) is 12.5. The summed E-state index contributed by atoms with van der Waals surface area (Å²) in [5, 5.41) is 2.90. The topological polar surface area (TPSA) is 75.7 Å². The van der Waals surface area contributed by atoms with Crippen molar-refractivity contribution in [2.45, 2.75) is 11.3 Å². The van der Waals surface area contributed by atoms with Gasteiger partial charge >= 0.3 is 0 Å². The highest BCUT2D eigenvalue weighted by molar-refractivity contribution is 7.89. The Morgan fingerprint density at radius 2 is 1.85 bits per heavy atom. The van der Waals surface area contributed by atoms with Crippen molar-refractivity contribution >= 4 is 15.9 Å². The molecule has 1 N–H and O–H groups in total. The molecule has 1 amide bonds. The third-order valence-electron chi connectivity index (χ3n) is 4.40. The summed E-state index contributed by atoms with van der Waals surface area (Å²) >= 11 is 0. The van der Waals surface area contributed by atoms with Gasteiger partial charge in [0.05, 0.1) is 11.5 Å². The average molecular weight is 374 g/mol. The molecule has 3 rings (SSSR count). The van der Waals surface area contributed by atoms with Gasteiger partial charge in [0.15, 0.2) is 0 Å². The van der Waals surface area contributed by atoms with Crippen LogP contribution in [0.15, 0.2) is 53.4 Å². The highest BCUT2D eigenvalue weighted by Gasteiger charge is 2.21. The van der Waals surface area contributed by atoms with E-state index in [4.69, 9.17) is 4.74 Å². The molecule has 0 spiro atoms. The molecule has 138 valence electrons. The molecular formula is C19H22N2O4S. The molecule has 26 heavy (non-hydrogen) atoms. The SMILES string of the molecule is CN(C)S(=O)(=O)c1ccc(C(=O)NCC2COc3ccccc3C2)cc1. The van der Waals surface area contributed by atoms with Gasteiger partial charge in [0.1, 0.15) is 5.75 Å². The van der Waals surface area contributed by atoms with Crippen LogP contribution < -0.4 is 10.1 Å². The van der Waals surface area contributed by atoms with Crippen molar-refractivity contribution in [3.63, 3.8) is 0 Å². The Morgan fingerprint density at radius 1 is 1.15 bits per heavy atom. The van der Waals surface area contributed by atoms with Crippen LogP contribution in [0.3, 0.4) is 0 Å². The van der Waals surface area contributed by atoms with Gasteiger partial charge in [-0.3, -0.25) is 4.79 Å². The zero-order valence-electron chi connectivity index (χ0n) is 14.8. The second-order valence-electron chi connectivity index (χ2n) is 6.51. The third-order valence-corrected chi connectivity index (χ3v) is 6.23. The Kier molecular flexibility index (Phi) is 5.29. The van der Waals surface area contributed by atoms with Crippen LogP contribution in [-0.2, 0) is 16.4 Å². The van der Waals surface area contributed by atoms with Crippen LogP contribution in [0.2, 0.25) is 0 Å². The second kappa shape index (κ2) is 7.47. The van der Waals surface area contributed by atoms with Crippen LogP contribution in [-0.4, -0.2) is 45.9 Å². The van der Waals surface area contributed by atoms with E-state index in [1.807, 2.05) is 24.3 Å². The van der Waals surface area contributed by atoms with E-state index in [0.717, 1.165) is 22.0 Å². The Bertz CT molecular complexity index is 892. The molecule has 1 unspecified atom stereocenters. The Balaban J connectivity index is 1.59. The number of amides is 1. The van der Waals surface area contributed by atoms with Crippen LogP contribution in [0.25, 0.3) is 0 Å². The van der Waals surface area contributed by atoms with Crippen molar-refractivity contribution < 1.29 is 17.9 Å². The maximum atomic E-state index is 12.3. The molecule has 0 aromatic heterocycles. The zero-order chi connectivity index (χ0) is 18.7. The summed E-state index contributed by atoms with van der Waals surface area (Å²) in [5.41, 5.74) is 1.58. The van der Waals surface area contributed by atoms with Gasteiger partial charge in [-0.05, 0) is 42.3 Å². The summed E-state index contributed by atoms with van der Waals surface area (Å²) in [6.07, 6.45) is 0.858. The lowest BCUT2D eigenvalue weighted by molar-refractivity contribution is 0.0939. The molecule has 1 heterocycles. The number of hydrogen-bond donors (Lipinski definition) is 1. The van der Waals surface area contributed by atoms with Crippen LogP contribution in [0.5, 0.6) is 5.75 Å². The number of benzene rings is 2. The first-order valence-electron chi connectivity index (χ1n) is 8.39. The van der Waals surface area contributed by atoms with E-state index in [1.54, 1.807) is 0 Å². The van der Waals surface area contributed by atoms with Crippen molar-refractivity contribution in [1.82, 2.24) is 9.62 Å². The maximum absolute atomic E-state index is 12.3. The molecule has 0 radical (unpaired) electrons. The Labute approximate surface area is 153 Å². The van der Waals surface area contributed by atoms with Crippen LogP contribution in [0.1, 0.15) is 15.9 Å². The smallest absolute Gasteiger partial charge is 0.251 e. The molecule has 7 heteroatoms. The van der Waals surface area contributed by atoms with Gasteiger partial charge in [0.25, 0.3) is 5.91 Å². The summed E-state index contributed by atoms with van der Waals surface area (Å²) in [6.45, 7) is 1.07. The number of ether oxygens (including phenoxy) is 1. The maximum Gasteiger partial charge on any atom is 0.251 e. The van der Waals surface area contributed by atoms with Crippen molar-refractivity contribution in [2.24, 2.45) is 5.92 Å². The minimum absolute atomic E-state index is 0.163. The molecule has 1 atom stereocenters. The first-order chi connectivity index (χ1) is 12.4. The zero-order valence-corrected chi connectivity index (χ0v) is 15.6. The van der Waals surface area contributed by atoms with Gasteiger partial charge < -0.3 is 10.1 Å². The molecule has 0 bridgehead atoms. The van der Waals surface area contributed by atoms with Gasteiger partial charge in [-0.25, -0.2) is 12.7 Å². The van der Waals surface area contributed by atoms with Crippen molar-refractivity contribution in [2.75, 3.05) is 27.2 Å². The van der Waals surface area contributed by atoms with Crippen molar-refractivity contribution in [3.05, 3.63) is 59.7 Å². The van der Waals surface area contributed by atoms with E-state index in [2.05, 4.69) is 5.32 Å². The lowest BCUT2D eigenvalue weighted by atomic mass is 9.96. The highest BCUT2D eigenvalue weighted by atomic mass is 32.2. The Hall–Kier alpha value is -2.38. The largest absolute Gasteiger partial charge is 0.493 e. The van der Waals surface area contributed by atoms with Crippen LogP contribution >= 0.6 is 0 Å². The van der Waals surface area contributed by atoms with E-state index < -0.39 is 10.0 Å². The lowest BCUT2D eigenvalue weighted by Gasteiger charge is -2.25. The van der Waals surface area contributed by atoms with Gasteiger partial charge in [0.2, 0.25) is 10.0 Å². The summed E-state index contributed by atoms with van der Waals surface area (Å²) < 4.78 is 31.0. The van der Waals surface area contributed by atoms with Gasteiger partial charge in [-0.1, -0.05) is 18.2 Å². The molecule has 0 saturated carbocycles. The first-order valence-corrected chi connectivity index (χ1v) is 9.83. The number of para-hydroxylation sites is 1. The number of hydrogen-bond acceptors (Lipinski definition) is 4. The third kappa shape index (κ3) is 3.89. The van der Waals surface area contributed by atoms with Crippen LogP contribution in [0, 0.1) is 5.92 Å². The van der Waals surface area contributed by atoms with E-state index in [0.29, 0.717) is 18.7 Å². The molecule has 1 aliphatic rings. The number of fused-ring (bicyclic) bond motifs is 1. The number of sulfonamides is 1. The monoisotopic (exact) mass is 374 g/mol. The van der Waals surface area contributed by atoms with Crippen molar-refractivity contribution in [3.8, 4) is 5.75 Å². The predicted molar refractivity (Wildman–Crippen MR) is 98.8 cm³/mol. The van der Waals surface area contributed by atoms with Gasteiger partial charge in [-0.15, -0.1) is 0 Å². The van der Waals surface area contributed by atoms with Gasteiger partial charge in [0, 0.05) is 32.1 Å². The highest BCUT2D eigenvalue weighted by Crippen LogP contribution is 2.26. The fraction of sp³-hybridized carbons (Fsp3) is 0.316. The van der Waals surface area contributed by atoms with E-state index in [-0.39, 0.29) is 16.7 Å².